The van der Waals surface area contributed by atoms with Gasteiger partial charge in [0.15, 0.2) is 5.65 Å². The maximum Gasteiger partial charge on any atom is 0.270 e. The van der Waals surface area contributed by atoms with E-state index in [9.17, 15) is 18.5 Å². The molecular weight excluding hydrogens is 428 g/mol. The second-order valence-electron chi connectivity index (χ2n) is 7.24. The van der Waals surface area contributed by atoms with Gasteiger partial charge in [0, 0.05) is 35.6 Å². The van der Waals surface area contributed by atoms with E-state index in [0.717, 1.165) is 20.9 Å². The predicted molar refractivity (Wildman–Crippen MR) is 118 cm³/mol. The predicted octanol–water partition coefficient (Wildman–Crippen LogP) is 3.17. The number of carbonyl (C=O) groups excluding carboxylic acids is 1. The fraction of sp³-hybridized carbons (Fsp3) is 0.0909. The lowest BCUT2D eigenvalue weighted by atomic mass is 10.0. The molecule has 3 heterocycles. The Bertz CT molecular complexity index is 1540. The van der Waals surface area contributed by atoms with Gasteiger partial charge in [0.05, 0.1) is 5.56 Å². The van der Waals surface area contributed by atoms with Crippen molar-refractivity contribution in [2.45, 2.75) is 17.7 Å². The third-order valence-corrected chi connectivity index (χ3v) is 6.92. The van der Waals surface area contributed by atoms with E-state index < -0.39 is 10.0 Å². The highest BCUT2D eigenvalue weighted by Gasteiger charge is 2.23. The SMILES string of the molecule is N#Cc1ccccc1S(=O)(=O)n1ccc2cnc(Nc3ccc4c(c3)CCC(=O)N4)nc21. The number of nitrogens with zero attached hydrogens (tertiary/aromatic N) is 4. The van der Waals surface area contributed by atoms with E-state index in [1.165, 1.54) is 24.5 Å². The Morgan fingerprint density at radius 2 is 1.97 bits per heavy atom. The van der Waals surface area contributed by atoms with Gasteiger partial charge in [-0.15, -0.1) is 0 Å². The van der Waals surface area contributed by atoms with Crippen LogP contribution in [0.3, 0.4) is 0 Å². The second-order valence-corrected chi connectivity index (χ2v) is 9.03. The van der Waals surface area contributed by atoms with Crippen molar-refractivity contribution >= 4 is 44.3 Å². The van der Waals surface area contributed by atoms with Gasteiger partial charge < -0.3 is 10.6 Å². The molecule has 158 valence electrons. The van der Waals surface area contributed by atoms with Gasteiger partial charge in [-0.2, -0.15) is 10.2 Å². The Labute approximate surface area is 183 Å². The molecule has 0 saturated carbocycles. The molecule has 1 amide bonds. The summed E-state index contributed by atoms with van der Waals surface area (Å²) in [6.45, 7) is 0. The lowest BCUT2D eigenvalue weighted by Crippen LogP contribution is -2.18. The van der Waals surface area contributed by atoms with Crippen LogP contribution in [0.2, 0.25) is 0 Å². The van der Waals surface area contributed by atoms with Crippen molar-refractivity contribution in [3.8, 4) is 6.07 Å². The molecule has 2 aromatic heterocycles. The first-order valence-electron chi connectivity index (χ1n) is 9.74. The average Bonchev–Trinajstić information content (AvgIpc) is 3.23. The van der Waals surface area contributed by atoms with Crippen molar-refractivity contribution < 1.29 is 13.2 Å². The first-order valence-corrected chi connectivity index (χ1v) is 11.2. The summed E-state index contributed by atoms with van der Waals surface area (Å²) in [4.78, 5) is 20.1. The van der Waals surface area contributed by atoms with Gasteiger partial charge in [-0.05, 0) is 48.4 Å². The van der Waals surface area contributed by atoms with Crippen LogP contribution in [-0.4, -0.2) is 28.3 Å². The van der Waals surface area contributed by atoms with E-state index in [1.807, 2.05) is 12.1 Å². The number of hydrogen-bond donors (Lipinski definition) is 2. The van der Waals surface area contributed by atoms with Gasteiger partial charge in [0.25, 0.3) is 10.0 Å². The van der Waals surface area contributed by atoms with Crippen molar-refractivity contribution in [2.24, 2.45) is 0 Å². The minimum atomic E-state index is -4.04. The van der Waals surface area contributed by atoms with Crippen LogP contribution in [0.1, 0.15) is 17.5 Å². The molecule has 1 aliphatic heterocycles. The Kier molecular flexibility index (Phi) is 4.61. The van der Waals surface area contributed by atoms with E-state index in [-0.39, 0.29) is 28.0 Å². The molecule has 0 aliphatic carbocycles. The molecule has 5 rings (SSSR count). The largest absolute Gasteiger partial charge is 0.326 e. The van der Waals surface area contributed by atoms with Crippen LogP contribution in [0.5, 0.6) is 0 Å². The smallest absolute Gasteiger partial charge is 0.270 e. The van der Waals surface area contributed by atoms with Crippen molar-refractivity contribution in [3.05, 3.63) is 72.1 Å². The zero-order valence-corrected chi connectivity index (χ0v) is 17.4. The van der Waals surface area contributed by atoms with Crippen LogP contribution in [0.15, 0.2) is 65.8 Å². The molecular formula is C22H16N6O3S. The first kappa shape index (κ1) is 19.7. The summed E-state index contributed by atoms with van der Waals surface area (Å²) < 4.78 is 27.5. The van der Waals surface area contributed by atoms with Gasteiger partial charge in [-0.3, -0.25) is 4.79 Å². The maximum absolute atomic E-state index is 13.2. The Hall–Kier alpha value is -4.23. The van der Waals surface area contributed by atoms with Crippen molar-refractivity contribution in [1.82, 2.24) is 13.9 Å². The number of nitriles is 1. The number of hydrogen-bond acceptors (Lipinski definition) is 7. The number of aromatic nitrogens is 3. The minimum Gasteiger partial charge on any atom is -0.326 e. The van der Waals surface area contributed by atoms with Gasteiger partial charge in [0.1, 0.15) is 11.0 Å². The number of amides is 1. The van der Waals surface area contributed by atoms with Crippen LogP contribution >= 0.6 is 0 Å². The molecule has 0 fully saturated rings. The van der Waals surface area contributed by atoms with Gasteiger partial charge >= 0.3 is 0 Å². The fourth-order valence-electron chi connectivity index (χ4n) is 3.63. The zero-order chi connectivity index (χ0) is 22.3. The minimum absolute atomic E-state index is 0.00747. The van der Waals surface area contributed by atoms with Crippen LogP contribution < -0.4 is 10.6 Å². The first-order chi connectivity index (χ1) is 15.5. The molecule has 0 unspecified atom stereocenters. The van der Waals surface area contributed by atoms with Crippen molar-refractivity contribution in [2.75, 3.05) is 10.6 Å². The number of anilines is 3. The molecule has 0 spiro atoms. The third-order valence-electron chi connectivity index (χ3n) is 5.20. The Balaban J connectivity index is 1.52. The Morgan fingerprint density at radius 1 is 1.12 bits per heavy atom. The molecule has 32 heavy (non-hydrogen) atoms. The number of rotatable bonds is 4. The highest BCUT2D eigenvalue weighted by Crippen LogP contribution is 2.28. The number of aryl methyl sites for hydroxylation is 1. The highest BCUT2D eigenvalue weighted by molar-refractivity contribution is 7.90. The van der Waals surface area contributed by atoms with Gasteiger partial charge in [-0.25, -0.2) is 17.4 Å². The summed E-state index contributed by atoms with van der Waals surface area (Å²) in [6.07, 6.45) is 3.99. The molecule has 9 nitrogen and oxygen atoms in total. The summed E-state index contributed by atoms with van der Waals surface area (Å²) in [6, 6.07) is 15.1. The van der Waals surface area contributed by atoms with Crippen LogP contribution in [-0.2, 0) is 21.2 Å². The zero-order valence-electron chi connectivity index (χ0n) is 16.6. The highest BCUT2D eigenvalue weighted by atomic mass is 32.2. The maximum atomic E-state index is 13.2. The number of carbonyl (C=O) groups is 1. The number of nitrogens with one attached hydrogen (secondary N) is 2. The molecule has 4 aromatic rings. The topological polar surface area (TPSA) is 130 Å². The van der Waals surface area contributed by atoms with Crippen molar-refractivity contribution in [3.63, 3.8) is 0 Å². The number of fused-ring (bicyclic) bond motifs is 2. The fourth-order valence-corrected chi connectivity index (χ4v) is 5.08. The average molecular weight is 444 g/mol. The molecule has 1 aliphatic rings. The lowest BCUT2D eigenvalue weighted by Gasteiger charge is -2.17. The molecule has 0 saturated heterocycles. The van der Waals surface area contributed by atoms with Crippen LogP contribution in [0, 0.1) is 11.3 Å². The van der Waals surface area contributed by atoms with E-state index >= 15 is 0 Å². The summed E-state index contributed by atoms with van der Waals surface area (Å²) in [7, 11) is -4.04. The summed E-state index contributed by atoms with van der Waals surface area (Å²) >= 11 is 0. The molecule has 2 N–H and O–H groups in total. The van der Waals surface area contributed by atoms with Crippen LogP contribution in [0.4, 0.5) is 17.3 Å². The molecule has 10 heteroatoms. The molecule has 0 bridgehead atoms. The van der Waals surface area contributed by atoms with Crippen molar-refractivity contribution in [1.29, 1.82) is 5.26 Å². The second kappa shape index (κ2) is 7.47. The van der Waals surface area contributed by atoms with E-state index in [4.69, 9.17) is 0 Å². The lowest BCUT2D eigenvalue weighted by molar-refractivity contribution is -0.116. The quantitative estimate of drug-likeness (QED) is 0.494. The van der Waals surface area contributed by atoms with E-state index in [1.54, 1.807) is 30.3 Å². The van der Waals surface area contributed by atoms with E-state index in [2.05, 4.69) is 20.6 Å². The molecule has 0 atom stereocenters. The van der Waals surface area contributed by atoms with E-state index in [0.29, 0.717) is 18.2 Å². The summed E-state index contributed by atoms with van der Waals surface area (Å²) in [5, 5.41) is 15.8. The summed E-state index contributed by atoms with van der Waals surface area (Å²) in [5.41, 5.74) is 2.74. The Morgan fingerprint density at radius 3 is 2.81 bits per heavy atom. The normalized spacial score (nSPS) is 13.3. The summed E-state index contributed by atoms with van der Waals surface area (Å²) in [5.74, 6) is 0.216. The van der Waals surface area contributed by atoms with Gasteiger partial charge in [0.2, 0.25) is 11.9 Å². The monoisotopic (exact) mass is 444 g/mol. The molecule has 2 aromatic carbocycles. The standard InChI is InChI=1S/C22H16N6O3S/c23-12-15-3-1-2-4-19(15)32(30,31)28-10-9-16-13-24-22(27-21(16)28)25-17-6-7-18-14(11-17)5-8-20(29)26-18/h1-4,6-7,9-11,13H,5,8H2,(H,26,29)(H,24,25,27). The molecule has 0 radical (unpaired) electrons. The van der Waals surface area contributed by atoms with Gasteiger partial charge in [-0.1, -0.05) is 12.1 Å². The van der Waals surface area contributed by atoms with Crippen LogP contribution in [0.25, 0.3) is 11.0 Å². The third kappa shape index (κ3) is 3.34. The number of benzene rings is 2.